The highest BCUT2D eigenvalue weighted by Crippen LogP contribution is 2.39. The van der Waals surface area contributed by atoms with Crippen LogP contribution >= 0.6 is 0 Å². The molecular formula is C21H23FN2. The molecule has 2 aromatic carbocycles. The third kappa shape index (κ3) is 2.99. The summed E-state index contributed by atoms with van der Waals surface area (Å²) in [4.78, 5) is 6.61. The first-order valence-corrected chi connectivity index (χ1v) is 8.32. The Bertz CT molecular complexity index is 804. The van der Waals surface area contributed by atoms with E-state index in [-0.39, 0.29) is 11.4 Å². The molecule has 0 spiro atoms. The fraction of sp³-hybridized carbons (Fsp3) is 0.286. The molecule has 0 saturated heterocycles. The normalized spacial score (nSPS) is 16.2. The van der Waals surface area contributed by atoms with Crippen molar-refractivity contribution in [3.8, 4) is 0 Å². The van der Waals surface area contributed by atoms with Gasteiger partial charge in [0.05, 0.1) is 11.2 Å². The van der Waals surface area contributed by atoms with Crippen LogP contribution in [0, 0.1) is 5.82 Å². The Kier molecular flexibility index (Phi) is 4.27. The molecule has 0 radical (unpaired) electrons. The first-order valence-electron chi connectivity index (χ1n) is 8.32. The molecule has 2 nitrogen and oxygen atoms in total. The minimum Gasteiger partial charge on any atom is -0.363 e. The van der Waals surface area contributed by atoms with Gasteiger partial charge in [-0.25, -0.2) is 4.39 Å². The summed E-state index contributed by atoms with van der Waals surface area (Å²) >= 11 is 0. The van der Waals surface area contributed by atoms with Gasteiger partial charge in [0.2, 0.25) is 0 Å². The smallest absolute Gasteiger partial charge is 0.134 e. The van der Waals surface area contributed by atoms with Crippen LogP contribution in [-0.2, 0) is 0 Å². The standard InChI is InChI=1S/C21H23FN2/c1-5-24-20-12-19(22)16(14-23-17-9-7-6-8-10-17)11-18(20)15(2)13-21(24,3)4/h6-14H,5H2,1-4H3. The van der Waals surface area contributed by atoms with Crippen LogP contribution in [0.5, 0.6) is 0 Å². The summed E-state index contributed by atoms with van der Waals surface area (Å²) in [6.45, 7) is 9.34. The van der Waals surface area contributed by atoms with Crippen molar-refractivity contribution in [2.75, 3.05) is 11.4 Å². The number of halogens is 1. The van der Waals surface area contributed by atoms with Gasteiger partial charge >= 0.3 is 0 Å². The van der Waals surface area contributed by atoms with E-state index in [9.17, 15) is 4.39 Å². The Morgan fingerprint density at radius 1 is 1.17 bits per heavy atom. The second-order valence-electron chi connectivity index (χ2n) is 6.71. The van der Waals surface area contributed by atoms with Gasteiger partial charge < -0.3 is 4.90 Å². The average Bonchev–Trinajstić information content (AvgIpc) is 2.54. The van der Waals surface area contributed by atoms with Crippen LogP contribution in [-0.4, -0.2) is 18.3 Å². The summed E-state index contributed by atoms with van der Waals surface area (Å²) in [5, 5.41) is 0. The van der Waals surface area contributed by atoms with Gasteiger partial charge in [-0.2, -0.15) is 0 Å². The Labute approximate surface area is 143 Å². The van der Waals surface area contributed by atoms with Crippen molar-refractivity contribution in [3.05, 3.63) is 65.5 Å². The molecule has 0 aliphatic carbocycles. The number of rotatable bonds is 3. The van der Waals surface area contributed by atoms with Crippen molar-refractivity contribution >= 4 is 23.2 Å². The fourth-order valence-electron chi connectivity index (χ4n) is 3.45. The van der Waals surface area contributed by atoms with Crippen LogP contribution in [0.2, 0.25) is 0 Å². The van der Waals surface area contributed by atoms with Gasteiger partial charge in [0.1, 0.15) is 5.82 Å². The molecule has 1 heterocycles. The molecule has 1 aliphatic heterocycles. The van der Waals surface area contributed by atoms with Crippen LogP contribution < -0.4 is 4.90 Å². The van der Waals surface area contributed by atoms with E-state index in [0.717, 1.165) is 23.5 Å². The van der Waals surface area contributed by atoms with Crippen LogP contribution in [0.15, 0.2) is 53.5 Å². The summed E-state index contributed by atoms with van der Waals surface area (Å²) < 4.78 is 14.6. The monoisotopic (exact) mass is 322 g/mol. The maximum atomic E-state index is 14.6. The van der Waals surface area contributed by atoms with Crippen molar-refractivity contribution in [2.45, 2.75) is 33.2 Å². The van der Waals surface area contributed by atoms with E-state index < -0.39 is 0 Å². The van der Waals surface area contributed by atoms with Gasteiger partial charge in [0.15, 0.2) is 0 Å². The van der Waals surface area contributed by atoms with Gasteiger partial charge in [0.25, 0.3) is 0 Å². The topological polar surface area (TPSA) is 15.6 Å². The number of aliphatic imine (C=N–C) groups is 1. The molecule has 3 heteroatoms. The molecule has 0 fully saturated rings. The number of para-hydroxylation sites is 1. The molecular weight excluding hydrogens is 299 g/mol. The molecule has 24 heavy (non-hydrogen) atoms. The lowest BCUT2D eigenvalue weighted by molar-refractivity contribution is 0.561. The van der Waals surface area contributed by atoms with E-state index in [4.69, 9.17) is 0 Å². The van der Waals surface area contributed by atoms with Gasteiger partial charge in [-0.15, -0.1) is 0 Å². The average molecular weight is 322 g/mol. The maximum absolute atomic E-state index is 14.6. The lowest BCUT2D eigenvalue weighted by Gasteiger charge is -2.42. The van der Waals surface area contributed by atoms with E-state index >= 15 is 0 Å². The van der Waals surface area contributed by atoms with E-state index in [0.29, 0.717) is 5.56 Å². The number of hydrogen-bond donors (Lipinski definition) is 0. The highest BCUT2D eigenvalue weighted by atomic mass is 19.1. The van der Waals surface area contributed by atoms with Gasteiger partial charge in [-0.1, -0.05) is 24.3 Å². The molecule has 0 unspecified atom stereocenters. The molecule has 0 saturated carbocycles. The second-order valence-corrected chi connectivity index (χ2v) is 6.71. The van der Waals surface area contributed by atoms with Crippen molar-refractivity contribution in [1.82, 2.24) is 0 Å². The molecule has 0 amide bonds. The molecule has 0 bridgehead atoms. The molecule has 1 aliphatic rings. The molecule has 0 aromatic heterocycles. The molecule has 124 valence electrons. The van der Waals surface area contributed by atoms with Crippen molar-refractivity contribution in [3.63, 3.8) is 0 Å². The summed E-state index contributed by atoms with van der Waals surface area (Å²) in [7, 11) is 0. The third-order valence-corrected chi connectivity index (χ3v) is 4.52. The molecule has 3 rings (SSSR count). The predicted molar refractivity (Wildman–Crippen MR) is 101 cm³/mol. The van der Waals surface area contributed by atoms with E-state index in [1.165, 1.54) is 5.57 Å². The summed E-state index contributed by atoms with van der Waals surface area (Å²) in [6, 6.07) is 13.1. The van der Waals surface area contributed by atoms with E-state index in [1.807, 2.05) is 36.4 Å². The van der Waals surface area contributed by atoms with Crippen LogP contribution in [0.4, 0.5) is 15.8 Å². The summed E-state index contributed by atoms with van der Waals surface area (Å²) in [6.07, 6.45) is 3.85. The minimum atomic E-state index is -0.239. The van der Waals surface area contributed by atoms with E-state index in [2.05, 4.69) is 43.7 Å². The Morgan fingerprint density at radius 2 is 1.88 bits per heavy atom. The number of hydrogen-bond acceptors (Lipinski definition) is 2. The Morgan fingerprint density at radius 3 is 2.54 bits per heavy atom. The predicted octanol–water partition coefficient (Wildman–Crippen LogP) is 5.60. The molecule has 2 aromatic rings. The number of likely N-dealkylation sites (N-methyl/N-ethyl adjacent to an activating group) is 1. The Hall–Kier alpha value is -2.42. The van der Waals surface area contributed by atoms with Crippen molar-refractivity contribution < 1.29 is 4.39 Å². The zero-order valence-electron chi connectivity index (χ0n) is 14.7. The number of allylic oxidation sites excluding steroid dienone is 1. The highest BCUT2D eigenvalue weighted by molar-refractivity contribution is 5.89. The Balaban J connectivity index is 2.04. The lowest BCUT2D eigenvalue weighted by atomic mass is 9.88. The maximum Gasteiger partial charge on any atom is 0.134 e. The first kappa shape index (κ1) is 16.4. The third-order valence-electron chi connectivity index (χ3n) is 4.52. The molecule has 0 atom stereocenters. The van der Waals surface area contributed by atoms with Crippen LogP contribution in [0.1, 0.15) is 38.8 Å². The summed E-state index contributed by atoms with van der Waals surface area (Å²) in [5.41, 5.74) is 4.43. The number of fused-ring (bicyclic) bond motifs is 1. The zero-order valence-corrected chi connectivity index (χ0v) is 14.7. The quantitative estimate of drug-likeness (QED) is 0.672. The van der Waals surface area contributed by atoms with Crippen molar-refractivity contribution in [1.29, 1.82) is 0 Å². The van der Waals surface area contributed by atoms with Gasteiger partial charge in [0, 0.05) is 29.6 Å². The van der Waals surface area contributed by atoms with Gasteiger partial charge in [-0.3, -0.25) is 4.99 Å². The largest absolute Gasteiger partial charge is 0.363 e. The highest BCUT2D eigenvalue weighted by Gasteiger charge is 2.30. The zero-order chi connectivity index (χ0) is 17.3. The number of nitrogens with zero attached hydrogens (tertiary/aromatic N) is 2. The van der Waals surface area contributed by atoms with Crippen molar-refractivity contribution in [2.24, 2.45) is 4.99 Å². The first-order chi connectivity index (χ1) is 11.4. The van der Waals surface area contributed by atoms with Crippen LogP contribution in [0.25, 0.3) is 5.57 Å². The number of benzene rings is 2. The molecule has 0 N–H and O–H groups in total. The number of anilines is 1. The van der Waals surface area contributed by atoms with E-state index in [1.54, 1.807) is 12.3 Å². The minimum absolute atomic E-state index is 0.113. The lowest BCUT2D eigenvalue weighted by Crippen LogP contribution is -2.45. The second kappa shape index (κ2) is 6.23. The van der Waals surface area contributed by atoms with Crippen LogP contribution in [0.3, 0.4) is 0 Å². The SMILES string of the molecule is CCN1c2cc(F)c(C=Nc3ccccc3)cc2C(C)=CC1(C)C. The fourth-order valence-corrected chi connectivity index (χ4v) is 3.45. The van der Waals surface area contributed by atoms with Gasteiger partial charge in [-0.05, 0) is 57.5 Å². The summed E-state index contributed by atoms with van der Waals surface area (Å²) in [5.74, 6) is -0.239.